The van der Waals surface area contributed by atoms with Crippen molar-refractivity contribution in [3.63, 3.8) is 0 Å². The minimum Gasteiger partial charge on any atom is -0.491 e. The lowest BCUT2D eigenvalue weighted by molar-refractivity contribution is 0.0998. The molecule has 8 heteroatoms. The lowest BCUT2D eigenvalue weighted by Crippen LogP contribution is -2.32. The summed E-state index contributed by atoms with van der Waals surface area (Å²) in [6.07, 6.45) is 0.744. The van der Waals surface area contributed by atoms with Crippen molar-refractivity contribution < 1.29 is 19.1 Å². The second kappa shape index (κ2) is 9.85. The fourth-order valence-electron chi connectivity index (χ4n) is 3.93. The fourth-order valence-corrected chi connectivity index (χ4v) is 3.93. The number of aromatic nitrogens is 1. The van der Waals surface area contributed by atoms with E-state index in [1.165, 1.54) is 0 Å². The van der Waals surface area contributed by atoms with Crippen molar-refractivity contribution in [1.82, 2.24) is 4.57 Å². The average molecular weight is 460 g/mol. The molecule has 33 heavy (non-hydrogen) atoms. The highest BCUT2D eigenvalue weighted by Gasteiger charge is 2.30. The molecule has 0 aliphatic carbocycles. The van der Waals surface area contributed by atoms with Gasteiger partial charge < -0.3 is 25.5 Å². The van der Waals surface area contributed by atoms with Gasteiger partial charge in [-0.3, -0.25) is 9.59 Å². The normalized spacial score (nSPS) is 12.1. The van der Waals surface area contributed by atoms with Gasteiger partial charge >= 0.3 is 6.09 Å². The number of fused-ring (bicyclic) bond motifs is 1. The number of nitrogens with zero attached hydrogens (tertiary/aromatic N) is 1. The van der Waals surface area contributed by atoms with Crippen LogP contribution in [0.1, 0.15) is 82.9 Å². The highest BCUT2D eigenvalue weighted by Crippen LogP contribution is 2.40. The first-order valence-corrected chi connectivity index (χ1v) is 11.3. The van der Waals surface area contributed by atoms with Crippen LogP contribution in [0, 0.1) is 5.41 Å². The van der Waals surface area contributed by atoms with Crippen molar-refractivity contribution in [3.8, 4) is 5.75 Å². The zero-order valence-electron chi connectivity index (χ0n) is 20.8. The minimum absolute atomic E-state index is 0.234. The molecule has 0 atom stereocenters. The van der Waals surface area contributed by atoms with Crippen molar-refractivity contribution in [1.29, 1.82) is 0 Å². The maximum Gasteiger partial charge on any atom is 0.404 e. The Morgan fingerprint density at radius 3 is 2.18 bits per heavy atom. The number of amides is 2. The highest BCUT2D eigenvalue weighted by atomic mass is 16.5. The third kappa shape index (κ3) is 6.06. The second-order valence-electron chi connectivity index (χ2n) is 10.6. The van der Waals surface area contributed by atoms with Crippen molar-refractivity contribution in [2.75, 3.05) is 6.61 Å². The van der Waals surface area contributed by atoms with Gasteiger partial charge in [-0.1, -0.05) is 54.9 Å². The number of benzene rings is 1. The van der Waals surface area contributed by atoms with Crippen LogP contribution in [0.3, 0.4) is 0 Å². The predicted molar refractivity (Wildman–Crippen MR) is 130 cm³/mol. The molecule has 0 unspecified atom stereocenters. The van der Waals surface area contributed by atoms with Gasteiger partial charge in [0.05, 0.1) is 12.0 Å². The molecule has 0 radical (unpaired) electrons. The van der Waals surface area contributed by atoms with E-state index in [0.29, 0.717) is 46.5 Å². The molecule has 0 bridgehead atoms. The molecular formula is C25H37N3O5. The molecule has 1 aromatic heterocycles. The van der Waals surface area contributed by atoms with E-state index in [-0.39, 0.29) is 17.6 Å². The zero-order valence-corrected chi connectivity index (χ0v) is 20.8. The first-order valence-electron chi connectivity index (χ1n) is 11.3. The summed E-state index contributed by atoms with van der Waals surface area (Å²) in [7, 11) is 0. The number of pyridine rings is 1. The van der Waals surface area contributed by atoms with Crippen LogP contribution < -0.4 is 21.8 Å². The van der Waals surface area contributed by atoms with Crippen LogP contribution in [-0.4, -0.2) is 23.2 Å². The molecule has 1 heterocycles. The third-order valence-electron chi connectivity index (χ3n) is 5.24. The SMILES string of the molecule is CCCCOc1c(COC(N)=O)n(CC(C)(C)C)c(=O)c2ccc(C(N)=O)c(C(C)(C)C)c12. The van der Waals surface area contributed by atoms with Gasteiger partial charge in [-0.2, -0.15) is 0 Å². The van der Waals surface area contributed by atoms with Gasteiger partial charge in [0.2, 0.25) is 5.91 Å². The summed E-state index contributed by atoms with van der Waals surface area (Å²) < 4.78 is 13.0. The quantitative estimate of drug-likeness (QED) is 0.572. The van der Waals surface area contributed by atoms with Crippen LogP contribution in [0.5, 0.6) is 5.75 Å². The van der Waals surface area contributed by atoms with E-state index in [4.69, 9.17) is 20.9 Å². The summed E-state index contributed by atoms with van der Waals surface area (Å²) in [5.41, 5.74) is 11.3. The average Bonchev–Trinajstić information content (AvgIpc) is 2.67. The standard InChI is InChI=1S/C25H37N3O5/c1-8-9-12-32-20-17(13-33-23(27)31)28(14-24(2,3)4)22(30)15-10-11-16(21(26)29)19(18(15)20)25(5,6)7/h10-11H,8-9,12-14H2,1-7H3,(H2,26,29)(H2,27,31). The van der Waals surface area contributed by atoms with E-state index in [1.807, 2.05) is 48.5 Å². The molecule has 4 N–H and O–H groups in total. The molecule has 0 spiro atoms. The summed E-state index contributed by atoms with van der Waals surface area (Å²) in [4.78, 5) is 37.5. The van der Waals surface area contributed by atoms with Crippen molar-refractivity contribution in [2.45, 2.75) is 79.9 Å². The Balaban J connectivity index is 3.10. The van der Waals surface area contributed by atoms with E-state index in [2.05, 4.69) is 0 Å². The number of hydrogen-bond donors (Lipinski definition) is 2. The molecule has 0 aliphatic rings. The molecule has 0 aliphatic heterocycles. The number of hydrogen-bond acceptors (Lipinski definition) is 5. The number of unbranched alkanes of at least 4 members (excludes halogenated alkanes) is 1. The van der Waals surface area contributed by atoms with Gasteiger partial charge in [0.1, 0.15) is 12.3 Å². The van der Waals surface area contributed by atoms with Crippen LogP contribution in [0.2, 0.25) is 0 Å². The van der Waals surface area contributed by atoms with Gasteiger partial charge in [-0.15, -0.1) is 0 Å². The van der Waals surface area contributed by atoms with Gasteiger partial charge in [0.25, 0.3) is 5.56 Å². The Kier molecular flexibility index (Phi) is 7.83. The molecule has 2 amide bonds. The third-order valence-corrected chi connectivity index (χ3v) is 5.24. The molecule has 2 aromatic rings. The summed E-state index contributed by atoms with van der Waals surface area (Å²) in [6, 6.07) is 3.22. The topological polar surface area (TPSA) is 127 Å². The lowest BCUT2D eigenvalue weighted by Gasteiger charge is -2.29. The van der Waals surface area contributed by atoms with E-state index >= 15 is 0 Å². The smallest absolute Gasteiger partial charge is 0.404 e. The number of carbonyl (C=O) groups is 2. The molecule has 182 valence electrons. The predicted octanol–water partition coefficient (Wildman–Crippen LogP) is 4.22. The monoisotopic (exact) mass is 459 g/mol. The Hall–Kier alpha value is -3.03. The highest BCUT2D eigenvalue weighted by molar-refractivity contribution is 6.03. The second-order valence-corrected chi connectivity index (χ2v) is 10.6. The lowest BCUT2D eigenvalue weighted by atomic mass is 9.80. The van der Waals surface area contributed by atoms with Crippen LogP contribution in [0.4, 0.5) is 4.79 Å². The largest absolute Gasteiger partial charge is 0.491 e. The first-order chi connectivity index (χ1) is 15.2. The first kappa shape index (κ1) is 26.2. The van der Waals surface area contributed by atoms with E-state index in [1.54, 1.807) is 16.7 Å². The van der Waals surface area contributed by atoms with Gasteiger partial charge in [0, 0.05) is 17.5 Å². The van der Waals surface area contributed by atoms with Crippen LogP contribution in [0.25, 0.3) is 10.8 Å². The summed E-state index contributed by atoms with van der Waals surface area (Å²) in [6.45, 7) is 14.5. The molecule has 0 fully saturated rings. The van der Waals surface area contributed by atoms with E-state index in [0.717, 1.165) is 12.8 Å². The summed E-state index contributed by atoms with van der Waals surface area (Å²) >= 11 is 0. The minimum atomic E-state index is -0.953. The molecule has 1 aromatic carbocycles. The van der Waals surface area contributed by atoms with Crippen LogP contribution in [0.15, 0.2) is 16.9 Å². The van der Waals surface area contributed by atoms with Gasteiger partial charge in [0.15, 0.2) is 5.75 Å². The molecular weight excluding hydrogens is 422 g/mol. The Bertz CT molecular complexity index is 1100. The molecule has 8 nitrogen and oxygen atoms in total. The van der Waals surface area contributed by atoms with Crippen molar-refractivity contribution >= 4 is 22.8 Å². The van der Waals surface area contributed by atoms with Crippen LogP contribution >= 0.6 is 0 Å². The van der Waals surface area contributed by atoms with Crippen LogP contribution in [-0.2, 0) is 23.3 Å². The summed E-state index contributed by atoms with van der Waals surface area (Å²) in [5.74, 6) is -0.174. The zero-order chi connectivity index (χ0) is 25.1. The number of rotatable bonds is 8. The van der Waals surface area contributed by atoms with Crippen molar-refractivity contribution in [3.05, 3.63) is 39.3 Å². The fraction of sp³-hybridized carbons (Fsp3) is 0.560. The molecule has 2 rings (SSSR count). The number of ether oxygens (including phenoxy) is 2. The van der Waals surface area contributed by atoms with E-state index in [9.17, 15) is 14.4 Å². The molecule has 0 saturated carbocycles. The maximum absolute atomic E-state index is 13.7. The molecule has 0 saturated heterocycles. The number of primary amides is 2. The van der Waals surface area contributed by atoms with Crippen molar-refractivity contribution in [2.24, 2.45) is 16.9 Å². The maximum atomic E-state index is 13.7. The van der Waals surface area contributed by atoms with E-state index < -0.39 is 17.4 Å². The van der Waals surface area contributed by atoms with Gasteiger partial charge in [-0.05, 0) is 34.9 Å². The number of nitrogens with two attached hydrogens (primary N) is 2. The summed E-state index contributed by atoms with van der Waals surface area (Å²) in [5, 5.41) is 0.941. The Labute approximate surface area is 195 Å². The number of carbonyl (C=O) groups excluding carboxylic acids is 2. The Morgan fingerprint density at radius 1 is 1.06 bits per heavy atom. The Morgan fingerprint density at radius 2 is 1.70 bits per heavy atom. The van der Waals surface area contributed by atoms with Gasteiger partial charge in [-0.25, -0.2) is 4.79 Å².